The molecule has 1 aliphatic rings. The molecule has 5 nitrogen and oxygen atoms in total. The third kappa shape index (κ3) is 4.94. The van der Waals surface area contributed by atoms with Gasteiger partial charge >= 0.3 is 12.0 Å². The lowest BCUT2D eigenvalue weighted by molar-refractivity contribution is -0.138. The highest BCUT2D eigenvalue weighted by Crippen LogP contribution is 2.36. The predicted molar refractivity (Wildman–Crippen MR) is 69.4 cm³/mol. The fourth-order valence-corrected chi connectivity index (χ4v) is 2.51. The molecule has 0 heterocycles. The first-order chi connectivity index (χ1) is 8.10. The second-order valence-electron chi connectivity index (χ2n) is 6.66. The number of amides is 2. The fraction of sp³-hybridized carbons (Fsp3) is 0.846. The van der Waals surface area contributed by atoms with Crippen LogP contribution in [0.4, 0.5) is 4.79 Å². The first-order valence-corrected chi connectivity index (χ1v) is 6.40. The number of urea groups is 1. The third-order valence-electron chi connectivity index (χ3n) is 3.35. The zero-order valence-corrected chi connectivity index (χ0v) is 11.7. The van der Waals surface area contributed by atoms with E-state index in [2.05, 4.69) is 24.5 Å². The Morgan fingerprint density at radius 3 is 2.44 bits per heavy atom. The minimum absolute atomic E-state index is 0.0867. The summed E-state index contributed by atoms with van der Waals surface area (Å²) in [5, 5.41) is 14.4. The van der Waals surface area contributed by atoms with Crippen LogP contribution in [0.15, 0.2) is 0 Å². The normalized spacial score (nSPS) is 22.6. The van der Waals surface area contributed by atoms with Gasteiger partial charge in [0.1, 0.15) is 0 Å². The van der Waals surface area contributed by atoms with Crippen LogP contribution in [-0.2, 0) is 4.79 Å². The highest BCUT2D eigenvalue weighted by Gasteiger charge is 2.32. The quantitative estimate of drug-likeness (QED) is 0.721. The largest absolute Gasteiger partial charge is 0.481 e. The van der Waals surface area contributed by atoms with Crippen molar-refractivity contribution in [1.82, 2.24) is 10.6 Å². The van der Waals surface area contributed by atoms with Crippen molar-refractivity contribution in [1.29, 1.82) is 0 Å². The van der Waals surface area contributed by atoms with Crippen molar-refractivity contribution in [2.24, 2.45) is 5.41 Å². The van der Waals surface area contributed by atoms with Crippen LogP contribution in [0.2, 0.25) is 0 Å². The summed E-state index contributed by atoms with van der Waals surface area (Å²) in [6.45, 7) is 7.81. The Bertz CT molecular complexity index is 337. The lowest BCUT2D eigenvalue weighted by Gasteiger charge is -2.26. The Hall–Kier alpha value is -1.26. The molecule has 1 fully saturated rings. The van der Waals surface area contributed by atoms with Gasteiger partial charge in [-0.25, -0.2) is 4.79 Å². The van der Waals surface area contributed by atoms with Gasteiger partial charge in [0.15, 0.2) is 0 Å². The summed E-state index contributed by atoms with van der Waals surface area (Å²) in [5.41, 5.74) is -0.446. The van der Waals surface area contributed by atoms with Crippen LogP contribution < -0.4 is 10.6 Å². The van der Waals surface area contributed by atoms with E-state index >= 15 is 0 Å². The molecule has 18 heavy (non-hydrogen) atoms. The van der Waals surface area contributed by atoms with Gasteiger partial charge in [-0.3, -0.25) is 4.79 Å². The smallest absolute Gasteiger partial charge is 0.315 e. The van der Waals surface area contributed by atoms with Crippen molar-refractivity contribution in [2.75, 3.05) is 0 Å². The highest BCUT2D eigenvalue weighted by atomic mass is 16.4. The van der Waals surface area contributed by atoms with Crippen molar-refractivity contribution in [3.8, 4) is 0 Å². The number of aliphatic carboxylic acids is 1. The number of carboxylic acids is 1. The number of carbonyl (C=O) groups excluding carboxylic acids is 1. The standard InChI is InChI=1S/C13H24N2O3/c1-12(2)6-5-9(7-12)14-11(18)15-13(3,4)8-10(16)17/h9H,5-8H2,1-4H3,(H,16,17)(H2,14,15,18). The summed E-state index contributed by atoms with van der Waals surface area (Å²) in [6, 6.07) is -0.0791. The van der Waals surface area contributed by atoms with Gasteiger partial charge in [-0.1, -0.05) is 13.8 Å². The molecule has 0 aliphatic heterocycles. The molecule has 0 radical (unpaired) electrons. The maximum Gasteiger partial charge on any atom is 0.315 e. The molecule has 1 atom stereocenters. The van der Waals surface area contributed by atoms with E-state index in [1.165, 1.54) is 0 Å². The molecular weight excluding hydrogens is 232 g/mol. The summed E-state index contributed by atoms with van der Waals surface area (Å²) in [6.07, 6.45) is 2.98. The molecule has 1 aliphatic carbocycles. The molecule has 0 saturated heterocycles. The van der Waals surface area contributed by atoms with Crippen LogP contribution >= 0.6 is 0 Å². The first-order valence-electron chi connectivity index (χ1n) is 6.40. The van der Waals surface area contributed by atoms with Crippen LogP contribution in [0.3, 0.4) is 0 Å². The number of hydrogen-bond acceptors (Lipinski definition) is 2. The monoisotopic (exact) mass is 256 g/mol. The number of nitrogens with one attached hydrogen (secondary N) is 2. The molecule has 0 aromatic carbocycles. The minimum atomic E-state index is -0.915. The number of carboxylic acid groups (broad SMARTS) is 1. The van der Waals surface area contributed by atoms with E-state index in [4.69, 9.17) is 5.11 Å². The van der Waals surface area contributed by atoms with Crippen LogP contribution in [-0.4, -0.2) is 28.7 Å². The Balaban J connectivity index is 2.40. The van der Waals surface area contributed by atoms with Gasteiger partial charge in [-0.2, -0.15) is 0 Å². The van der Waals surface area contributed by atoms with Gasteiger partial charge in [0, 0.05) is 11.6 Å². The molecule has 0 aromatic heterocycles. The minimum Gasteiger partial charge on any atom is -0.481 e. The van der Waals surface area contributed by atoms with Gasteiger partial charge in [0.25, 0.3) is 0 Å². The van der Waals surface area contributed by atoms with Crippen molar-refractivity contribution in [3.63, 3.8) is 0 Å². The van der Waals surface area contributed by atoms with E-state index in [1.54, 1.807) is 13.8 Å². The second-order valence-corrected chi connectivity index (χ2v) is 6.66. The summed E-state index contributed by atoms with van der Waals surface area (Å²) < 4.78 is 0. The molecule has 1 saturated carbocycles. The molecule has 1 rings (SSSR count). The summed E-state index contributed by atoms with van der Waals surface area (Å²) in [7, 11) is 0. The Kier molecular flexibility index (Phi) is 4.24. The molecule has 104 valence electrons. The van der Waals surface area contributed by atoms with Gasteiger partial charge in [0.2, 0.25) is 0 Å². The number of hydrogen-bond donors (Lipinski definition) is 3. The second kappa shape index (κ2) is 5.16. The first kappa shape index (κ1) is 14.8. The zero-order chi connectivity index (χ0) is 14.0. The predicted octanol–water partition coefficient (Wildman–Crippen LogP) is 2.12. The zero-order valence-electron chi connectivity index (χ0n) is 11.7. The lowest BCUT2D eigenvalue weighted by Crippen LogP contribution is -2.51. The average Bonchev–Trinajstić information content (AvgIpc) is 2.40. The van der Waals surface area contributed by atoms with Crippen molar-refractivity contribution in [2.45, 2.75) is 65.0 Å². The van der Waals surface area contributed by atoms with Gasteiger partial charge in [0.05, 0.1) is 6.42 Å². The highest BCUT2D eigenvalue weighted by molar-refractivity contribution is 5.76. The third-order valence-corrected chi connectivity index (χ3v) is 3.35. The van der Waals surface area contributed by atoms with E-state index in [0.29, 0.717) is 0 Å². The number of rotatable bonds is 4. The van der Waals surface area contributed by atoms with Crippen molar-refractivity contribution >= 4 is 12.0 Å². The molecule has 5 heteroatoms. The average molecular weight is 256 g/mol. The van der Waals surface area contributed by atoms with E-state index < -0.39 is 11.5 Å². The Morgan fingerprint density at radius 1 is 1.39 bits per heavy atom. The Labute approximate surface area is 108 Å². The topological polar surface area (TPSA) is 78.4 Å². The summed E-state index contributed by atoms with van der Waals surface area (Å²) in [5.74, 6) is -0.915. The van der Waals surface area contributed by atoms with Gasteiger partial charge in [-0.05, 0) is 38.5 Å². The van der Waals surface area contributed by atoms with Crippen molar-refractivity contribution < 1.29 is 14.7 Å². The molecule has 0 spiro atoms. The fourth-order valence-electron chi connectivity index (χ4n) is 2.51. The van der Waals surface area contributed by atoms with E-state index in [0.717, 1.165) is 19.3 Å². The van der Waals surface area contributed by atoms with Crippen LogP contribution in [0.25, 0.3) is 0 Å². The molecule has 0 bridgehead atoms. The molecular formula is C13H24N2O3. The van der Waals surface area contributed by atoms with E-state index in [9.17, 15) is 9.59 Å². The maximum absolute atomic E-state index is 11.8. The van der Waals surface area contributed by atoms with E-state index in [1.807, 2.05) is 0 Å². The molecule has 3 N–H and O–H groups in total. The van der Waals surface area contributed by atoms with Crippen LogP contribution in [0.5, 0.6) is 0 Å². The lowest BCUT2D eigenvalue weighted by atomic mass is 9.92. The SMILES string of the molecule is CC1(C)CCC(NC(=O)NC(C)(C)CC(=O)O)C1. The molecule has 1 unspecified atom stereocenters. The summed E-state index contributed by atoms with van der Waals surface area (Å²) in [4.78, 5) is 22.4. The molecule has 2 amide bonds. The van der Waals surface area contributed by atoms with E-state index in [-0.39, 0.29) is 23.9 Å². The van der Waals surface area contributed by atoms with Crippen LogP contribution in [0, 0.1) is 5.41 Å². The number of carbonyl (C=O) groups is 2. The summed E-state index contributed by atoms with van der Waals surface area (Å²) >= 11 is 0. The van der Waals surface area contributed by atoms with Gasteiger partial charge in [-0.15, -0.1) is 0 Å². The maximum atomic E-state index is 11.8. The van der Waals surface area contributed by atoms with Gasteiger partial charge < -0.3 is 15.7 Å². The Morgan fingerprint density at radius 2 is 2.00 bits per heavy atom. The van der Waals surface area contributed by atoms with Crippen molar-refractivity contribution in [3.05, 3.63) is 0 Å². The molecule has 0 aromatic rings. The van der Waals surface area contributed by atoms with Crippen LogP contribution in [0.1, 0.15) is 53.4 Å².